The molecule has 0 saturated carbocycles. The number of carboxylic acids is 1. The van der Waals surface area contributed by atoms with Gasteiger partial charge in [-0.1, -0.05) is 48.5 Å². The Balaban J connectivity index is 1.44. The summed E-state index contributed by atoms with van der Waals surface area (Å²) >= 11 is 1.57. The molecule has 7 heteroatoms. The van der Waals surface area contributed by atoms with Gasteiger partial charge in [-0.2, -0.15) is 0 Å². The minimum absolute atomic E-state index is 0.137. The lowest BCUT2D eigenvalue weighted by molar-refractivity contribution is 0.0696. The monoisotopic (exact) mass is 431 g/mol. The highest BCUT2D eigenvalue weighted by Gasteiger charge is 2.24. The molecular weight excluding hydrogens is 410 g/mol. The molecule has 0 spiro atoms. The Hall–Kier alpha value is -3.29. The standard InChI is InChI=1S/C24H21N3O3S/c28-22-21-18-10-11-27(13-15-6-2-1-3-7-15)14-19(18)31-23(21)26-20(25-22)12-16-8-4-5-9-17(16)24(29)30/h1-9H,10-14H2,(H,29,30)(H,25,26,28). The fourth-order valence-corrected chi connectivity index (χ4v) is 5.50. The summed E-state index contributed by atoms with van der Waals surface area (Å²) in [7, 11) is 0. The van der Waals surface area contributed by atoms with Gasteiger partial charge < -0.3 is 10.1 Å². The number of aromatic carboxylic acids is 1. The summed E-state index contributed by atoms with van der Waals surface area (Å²) in [5, 5.41) is 10.1. The molecule has 0 fully saturated rings. The zero-order chi connectivity index (χ0) is 21.4. The first-order valence-corrected chi connectivity index (χ1v) is 11.0. The van der Waals surface area contributed by atoms with Gasteiger partial charge in [0.05, 0.1) is 10.9 Å². The molecule has 1 aliphatic heterocycles. The van der Waals surface area contributed by atoms with E-state index in [2.05, 4.69) is 34.1 Å². The van der Waals surface area contributed by atoms with Gasteiger partial charge in [0.25, 0.3) is 5.56 Å². The minimum Gasteiger partial charge on any atom is -0.478 e. The highest BCUT2D eigenvalue weighted by molar-refractivity contribution is 7.18. The third-order valence-electron chi connectivity index (χ3n) is 5.69. The summed E-state index contributed by atoms with van der Waals surface area (Å²) in [6.45, 7) is 2.60. The highest BCUT2D eigenvalue weighted by atomic mass is 32.1. The molecule has 1 aliphatic rings. The molecule has 0 atom stereocenters. The zero-order valence-electron chi connectivity index (χ0n) is 16.8. The molecular formula is C24H21N3O3S. The maximum atomic E-state index is 12.9. The first kappa shape index (κ1) is 19.7. The molecule has 5 rings (SSSR count). The van der Waals surface area contributed by atoms with E-state index in [4.69, 9.17) is 4.98 Å². The van der Waals surface area contributed by atoms with Crippen LogP contribution in [0.1, 0.15) is 37.7 Å². The molecule has 2 aromatic heterocycles. The normalized spacial score (nSPS) is 13.9. The fourth-order valence-electron chi connectivity index (χ4n) is 4.22. The lowest BCUT2D eigenvalue weighted by atomic mass is 10.0. The van der Waals surface area contributed by atoms with E-state index < -0.39 is 5.97 Å². The molecule has 3 heterocycles. The SMILES string of the molecule is O=C(O)c1ccccc1Cc1nc2sc3c(c2c(=O)[nH]1)CCN(Cc1ccccc1)C3. The number of rotatable bonds is 5. The van der Waals surface area contributed by atoms with Gasteiger partial charge in [0.15, 0.2) is 0 Å². The molecule has 2 N–H and O–H groups in total. The van der Waals surface area contributed by atoms with Crippen LogP contribution in [0.4, 0.5) is 0 Å². The quantitative estimate of drug-likeness (QED) is 0.502. The largest absolute Gasteiger partial charge is 0.478 e. The van der Waals surface area contributed by atoms with E-state index in [-0.39, 0.29) is 17.5 Å². The Morgan fingerprint density at radius 2 is 1.90 bits per heavy atom. The third-order valence-corrected chi connectivity index (χ3v) is 6.80. The number of fused-ring (bicyclic) bond motifs is 3. The average molecular weight is 432 g/mol. The van der Waals surface area contributed by atoms with Crippen LogP contribution in [0.15, 0.2) is 59.4 Å². The summed E-state index contributed by atoms with van der Waals surface area (Å²) in [5.41, 5.74) is 3.11. The second-order valence-electron chi connectivity index (χ2n) is 7.78. The summed E-state index contributed by atoms with van der Waals surface area (Å²) in [4.78, 5) is 36.3. The smallest absolute Gasteiger partial charge is 0.335 e. The second-order valence-corrected chi connectivity index (χ2v) is 8.87. The molecule has 0 saturated heterocycles. The second kappa shape index (κ2) is 8.09. The van der Waals surface area contributed by atoms with Crippen molar-refractivity contribution < 1.29 is 9.90 Å². The first-order chi connectivity index (χ1) is 15.1. The van der Waals surface area contributed by atoms with Crippen LogP contribution in [0, 0.1) is 0 Å². The van der Waals surface area contributed by atoms with E-state index in [0.717, 1.165) is 36.4 Å². The summed E-state index contributed by atoms with van der Waals surface area (Å²) < 4.78 is 0. The van der Waals surface area contributed by atoms with Crippen LogP contribution in [0.25, 0.3) is 10.2 Å². The van der Waals surface area contributed by atoms with Crippen LogP contribution in [0.3, 0.4) is 0 Å². The van der Waals surface area contributed by atoms with Crippen LogP contribution in [0.2, 0.25) is 0 Å². The number of nitrogens with zero attached hydrogens (tertiary/aromatic N) is 2. The molecule has 2 aromatic carbocycles. The number of carbonyl (C=O) groups is 1. The van der Waals surface area contributed by atoms with Crippen LogP contribution in [0.5, 0.6) is 0 Å². The maximum absolute atomic E-state index is 12.9. The molecule has 0 radical (unpaired) electrons. The van der Waals surface area contributed by atoms with Gasteiger partial charge in [-0.3, -0.25) is 9.69 Å². The van der Waals surface area contributed by atoms with Gasteiger partial charge in [-0.15, -0.1) is 11.3 Å². The Bertz CT molecular complexity index is 1330. The van der Waals surface area contributed by atoms with Crippen LogP contribution in [-0.2, 0) is 25.9 Å². The maximum Gasteiger partial charge on any atom is 0.335 e. The van der Waals surface area contributed by atoms with E-state index in [0.29, 0.717) is 16.8 Å². The third kappa shape index (κ3) is 3.89. The first-order valence-electron chi connectivity index (χ1n) is 10.2. The number of benzene rings is 2. The molecule has 0 amide bonds. The van der Waals surface area contributed by atoms with Crippen molar-refractivity contribution in [3.05, 3.63) is 97.9 Å². The highest BCUT2D eigenvalue weighted by Crippen LogP contribution is 2.33. The van der Waals surface area contributed by atoms with Crippen molar-refractivity contribution in [3.8, 4) is 0 Å². The molecule has 4 aromatic rings. The topological polar surface area (TPSA) is 86.3 Å². The van der Waals surface area contributed by atoms with Gasteiger partial charge in [-0.25, -0.2) is 9.78 Å². The van der Waals surface area contributed by atoms with Crippen molar-refractivity contribution in [2.75, 3.05) is 6.54 Å². The van der Waals surface area contributed by atoms with Gasteiger partial charge in [-0.05, 0) is 29.2 Å². The number of carboxylic acid groups (broad SMARTS) is 1. The van der Waals surface area contributed by atoms with Crippen LogP contribution < -0.4 is 5.56 Å². The Morgan fingerprint density at radius 1 is 1.13 bits per heavy atom. The zero-order valence-corrected chi connectivity index (χ0v) is 17.6. The number of aromatic amines is 1. The van der Waals surface area contributed by atoms with E-state index in [1.165, 1.54) is 10.4 Å². The van der Waals surface area contributed by atoms with Crippen LogP contribution >= 0.6 is 11.3 Å². The predicted molar refractivity (Wildman–Crippen MR) is 121 cm³/mol. The van der Waals surface area contributed by atoms with Crippen LogP contribution in [-0.4, -0.2) is 32.5 Å². The lowest BCUT2D eigenvalue weighted by Crippen LogP contribution is -2.29. The molecule has 0 unspecified atom stereocenters. The average Bonchev–Trinajstić information content (AvgIpc) is 3.12. The number of hydrogen-bond donors (Lipinski definition) is 2. The number of aromatic nitrogens is 2. The van der Waals surface area contributed by atoms with E-state index in [9.17, 15) is 14.7 Å². The Morgan fingerprint density at radius 3 is 2.71 bits per heavy atom. The van der Waals surface area contributed by atoms with Crippen molar-refractivity contribution in [1.29, 1.82) is 0 Å². The molecule has 6 nitrogen and oxygen atoms in total. The van der Waals surface area contributed by atoms with Crippen molar-refractivity contribution in [2.24, 2.45) is 0 Å². The summed E-state index contributed by atoms with van der Waals surface area (Å²) in [6.07, 6.45) is 1.10. The fraction of sp³-hybridized carbons (Fsp3) is 0.208. The Kier molecular flexibility index (Phi) is 5.13. The van der Waals surface area contributed by atoms with E-state index in [1.807, 2.05) is 6.07 Å². The molecule has 0 bridgehead atoms. The van der Waals surface area contributed by atoms with Gasteiger partial charge in [0, 0.05) is 30.9 Å². The molecule has 31 heavy (non-hydrogen) atoms. The number of hydrogen-bond acceptors (Lipinski definition) is 5. The summed E-state index contributed by atoms with van der Waals surface area (Å²) in [6, 6.07) is 17.2. The van der Waals surface area contributed by atoms with Gasteiger partial charge in [0.1, 0.15) is 10.7 Å². The lowest BCUT2D eigenvalue weighted by Gasteiger charge is -2.26. The number of nitrogens with one attached hydrogen (secondary N) is 1. The van der Waals surface area contributed by atoms with Crippen molar-refractivity contribution in [2.45, 2.75) is 25.9 Å². The van der Waals surface area contributed by atoms with Crippen molar-refractivity contribution >= 4 is 27.5 Å². The van der Waals surface area contributed by atoms with Gasteiger partial charge >= 0.3 is 5.97 Å². The number of thiophene rings is 1. The molecule has 156 valence electrons. The van der Waals surface area contributed by atoms with Crippen molar-refractivity contribution in [3.63, 3.8) is 0 Å². The Labute approximate surface area is 182 Å². The van der Waals surface area contributed by atoms with E-state index in [1.54, 1.807) is 35.6 Å². The molecule has 0 aliphatic carbocycles. The number of H-pyrrole nitrogens is 1. The minimum atomic E-state index is -0.982. The summed E-state index contributed by atoms with van der Waals surface area (Å²) in [5.74, 6) is -0.491. The van der Waals surface area contributed by atoms with E-state index >= 15 is 0 Å². The predicted octanol–water partition coefficient (Wildman–Crippen LogP) is 3.83. The van der Waals surface area contributed by atoms with Gasteiger partial charge in [0.2, 0.25) is 0 Å². The van der Waals surface area contributed by atoms with Crippen molar-refractivity contribution in [1.82, 2.24) is 14.9 Å².